The van der Waals surface area contributed by atoms with Crippen LogP contribution in [0.25, 0.3) is 11.4 Å². The average molecular weight is 426 g/mol. The first-order valence-corrected chi connectivity index (χ1v) is 9.93. The molecule has 3 rings (SSSR count). The fourth-order valence-electron chi connectivity index (χ4n) is 2.82. The van der Waals surface area contributed by atoms with Gasteiger partial charge in [-0.05, 0) is 56.7 Å². The number of benzene rings is 2. The molecule has 0 amide bonds. The van der Waals surface area contributed by atoms with E-state index in [4.69, 9.17) is 14.0 Å². The highest BCUT2D eigenvalue weighted by Crippen LogP contribution is 2.23. The van der Waals surface area contributed by atoms with Crippen LogP contribution in [0.5, 0.6) is 5.75 Å². The molecule has 0 N–H and O–H groups in total. The van der Waals surface area contributed by atoms with Crippen LogP contribution in [-0.4, -0.2) is 28.5 Å². The normalized spacial score (nSPS) is 11.7. The predicted molar refractivity (Wildman–Crippen MR) is 110 cm³/mol. The fraction of sp³-hybridized carbons (Fsp3) is 0.304. The maximum absolute atomic E-state index is 13.7. The second-order valence-corrected chi connectivity index (χ2v) is 6.93. The van der Waals surface area contributed by atoms with E-state index in [2.05, 4.69) is 10.1 Å². The molecule has 162 valence electrons. The van der Waals surface area contributed by atoms with Gasteiger partial charge in [0, 0.05) is 17.5 Å². The summed E-state index contributed by atoms with van der Waals surface area (Å²) in [6.45, 7) is 5.66. The highest BCUT2D eigenvalue weighted by Gasteiger charge is 2.20. The first kappa shape index (κ1) is 22.1. The highest BCUT2D eigenvalue weighted by molar-refractivity contribution is 5.97. The lowest BCUT2D eigenvalue weighted by atomic mass is 10.1. The molecule has 31 heavy (non-hydrogen) atoms. The molecular weight excluding hydrogens is 403 g/mol. The molecule has 0 saturated carbocycles. The Balaban J connectivity index is 1.53. The summed E-state index contributed by atoms with van der Waals surface area (Å²) >= 11 is 0. The van der Waals surface area contributed by atoms with Crippen LogP contribution in [0.2, 0.25) is 0 Å². The van der Waals surface area contributed by atoms with Crippen LogP contribution < -0.4 is 4.74 Å². The summed E-state index contributed by atoms with van der Waals surface area (Å²) in [4.78, 5) is 28.6. The van der Waals surface area contributed by atoms with Crippen LogP contribution >= 0.6 is 0 Å². The number of hydrogen-bond donors (Lipinski definition) is 0. The van der Waals surface area contributed by atoms with E-state index in [0.717, 1.165) is 0 Å². The zero-order chi connectivity index (χ0) is 22.4. The lowest BCUT2D eigenvalue weighted by molar-refractivity contribution is -0.149. The van der Waals surface area contributed by atoms with Crippen LogP contribution in [0.15, 0.2) is 47.0 Å². The van der Waals surface area contributed by atoms with Gasteiger partial charge in [0.05, 0.1) is 13.0 Å². The number of carbonyl (C=O) groups excluding carboxylic acids is 2. The maximum atomic E-state index is 13.7. The number of hydrogen-bond acceptors (Lipinski definition) is 7. The number of halogens is 1. The van der Waals surface area contributed by atoms with E-state index in [-0.39, 0.29) is 36.2 Å². The van der Waals surface area contributed by atoms with E-state index in [0.29, 0.717) is 29.0 Å². The van der Waals surface area contributed by atoms with Gasteiger partial charge in [-0.25, -0.2) is 4.39 Å². The number of ether oxygens (including phenoxy) is 2. The standard InChI is InChI=1S/C23H23FN2O5/c1-4-29-18-9-7-16(8-10-18)20(27)11-12-21(28)30-15(3)23-25-22(26-31-23)17-6-5-14(2)19(24)13-17/h5-10,13,15H,4,11-12H2,1-3H3. The van der Waals surface area contributed by atoms with Crippen molar-refractivity contribution in [3.05, 3.63) is 65.3 Å². The van der Waals surface area contributed by atoms with Crippen molar-refractivity contribution >= 4 is 11.8 Å². The van der Waals surface area contributed by atoms with E-state index in [1.807, 2.05) is 6.92 Å². The third kappa shape index (κ3) is 5.75. The molecule has 0 aliphatic heterocycles. The van der Waals surface area contributed by atoms with Crippen molar-refractivity contribution in [2.24, 2.45) is 0 Å². The molecule has 0 bridgehead atoms. The van der Waals surface area contributed by atoms with E-state index in [1.165, 1.54) is 6.07 Å². The van der Waals surface area contributed by atoms with Gasteiger partial charge >= 0.3 is 5.97 Å². The van der Waals surface area contributed by atoms with Gasteiger partial charge in [-0.1, -0.05) is 17.3 Å². The summed E-state index contributed by atoms with van der Waals surface area (Å²) in [7, 11) is 0. The molecule has 0 spiro atoms. The highest BCUT2D eigenvalue weighted by atomic mass is 19.1. The minimum absolute atomic E-state index is 0.0112. The number of ketones is 1. The summed E-state index contributed by atoms with van der Waals surface area (Å²) < 4.78 is 29.5. The summed E-state index contributed by atoms with van der Waals surface area (Å²) in [5.74, 6) is -0.146. The molecule has 1 heterocycles. The molecule has 0 radical (unpaired) electrons. The largest absolute Gasteiger partial charge is 0.494 e. The molecule has 0 fully saturated rings. The summed E-state index contributed by atoms with van der Waals surface area (Å²) in [6, 6.07) is 11.4. The molecule has 2 aromatic carbocycles. The van der Waals surface area contributed by atoms with E-state index in [1.54, 1.807) is 50.2 Å². The van der Waals surface area contributed by atoms with Crippen molar-refractivity contribution in [1.82, 2.24) is 10.1 Å². The van der Waals surface area contributed by atoms with Gasteiger partial charge in [-0.3, -0.25) is 9.59 Å². The van der Waals surface area contributed by atoms with Gasteiger partial charge in [0.15, 0.2) is 11.9 Å². The van der Waals surface area contributed by atoms with Gasteiger partial charge in [0.25, 0.3) is 5.89 Å². The lowest BCUT2D eigenvalue weighted by Gasteiger charge is -2.09. The van der Waals surface area contributed by atoms with Gasteiger partial charge in [0.2, 0.25) is 5.82 Å². The Morgan fingerprint density at radius 3 is 2.55 bits per heavy atom. The first-order valence-electron chi connectivity index (χ1n) is 9.93. The van der Waals surface area contributed by atoms with Crippen molar-refractivity contribution in [2.75, 3.05) is 6.61 Å². The topological polar surface area (TPSA) is 91.5 Å². The first-order chi connectivity index (χ1) is 14.9. The van der Waals surface area contributed by atoms with E-state index < -0.39 is 12.1 Å². The van der Waals surface area contributed by atoms with Crippen LogP contribution in [0, 0.1) is 12.7 Å². The smallest absolute Gasteiger partial charge is 0.307 e. The van der Waals surface area contributed by atoms with Gasteiger partial charge in [0.1, 0.15) is 11.6 Å². The summed E-state index contributed by atoms with van der Waals surface area (Å²) in [5, 5.41) is 3.81. The minimum Gasteiger partial charge on any atom is -0.494 e. The van der Waals surface area contributed by atoms with Gasteiger partial charge in [-0.15, -0.1) is 0 Å². The number of aromatic nitrogens is 2. The lowest BCUT2D eigenvalue weighted by Crippen LogP contribution is -2.11. The van der Waals surface area contributed by atoms with E-state index in [9.17, 15) is 14.0 Å². The van der Waals surface area contributed by atoms with Gasteiger partial charge in [-0.2, -0.15) is 4.98 Å². The third-order valence-corrected chi connectivity index (χ3v) is 4.57. The van der Waals surface area contributed by atoms with Crippen molar-refractivity contribution in [3.63, 3.8) is 0 Å². The van der Waals surface area contributed by atoms with Crippen molar-refractivity contribution in [2.45, 2.75) is 39.7 Å². The monoisotopic (exact) mass is 426 g/mol. The van der Waals surface area contributed by atoms with Gasteiger partial charge < -0.3 is 14.0 Å². The Bertz CT molecular complexity index is 1060. The summed E-state index contributed by atoms with van der Waals surface area (Å²) in [6.07, 6.45) is -0.873. The molecule has 8 heteroatoms. The number of carbonyl (C=O) groups is 2. The van der Waals surface area contributed by atoms with Crippen molar-refractivity contribution in [3.8, 4) is 17.1 Å². The second kappa shape index (κ2) is 9.97. The molecule has 0 aliphatic carbocycles. The zero-order valence-electron chi connectivity index (χ0n) is 17.6. The van der Waals surface area contributed by atoms with E-state index >= 15 is 0 Å². The van der Waals surface area contributed by atoms with Crippen LogP contribution in [0.3, 0.4) is 0 Å². The number of Topliss-reactive ketones (excluding diaryl/α,β-unsaturated/α-hetero) is 1. The minimum atomic E-state index is -0.801. The number of aryl methyl sites for hydroxylation is 1. The quantitative estimate of drug-likeness (QED) is 0.357. The Morgan fingerprint density at radius 2 is 1.87 bits per heavy atom. The van der Waals surface area contributed by atoms with Crippen molar-refractivity contribution < 1.29 is 28.0 Å². The molecule has 3 aromatic rings. The Labute approximate surface area is 179 Å². The summed E-state index contributed by atoms with van der Waals surface area (Å²) in [5.41, 5.74) is 1.46. The Morgan fingerprint density at radius 1 is 1.13 bits per heavy atom. The number of rotatable bonds is 9. The van der Waals surface area contributed by atoms with Crippen LogP contribution in [0.4, 0.5) is 4.39 Å². The Hall–Kier alpha value is -3.55. The molecule has 1 unspecified atom stereocenters. The second-order valence-electron chi connectivity index (χ2n) is 6.93. The van der Waals surface area contributed by atoms with Crippen LogP contribution in [0.1, 0.15) is 54.6 Å². The molecule has 0 aliphatic rings. The SMILES string of the molecule is CCOc1ccc(C(=O)CCC(=O)OC(C)c2nc(-c3ccc(C)c(F)c3)no2)cc1. The van der Waals surface area contributed by atoms with Crippen LogP contribution in [-0.2, 0) is 9.53 Å². The average Bonchev–Trinajstić information content (AvgIpc) is 3.25. The number of nitrogens with zero attached hydrogens (tertiary/aromatic N) is 2. The predicted octanol–water partition coefficient (Wildman–Crippen LogP) is 4.85. The molecule has 1 aromatic heterocycles. The zero-order valence-corrected chi connectivity index (χ0v) is 17.6. The maximum Gasteiger partial charge on any atom is 0.307 e. The molecule has 0 saturated heterocycles. The Kier molecular flexibility index (Phi) is 7.12. The fourth-order valence-corrected chi connectivity index (χ4v) is 2.82. The number of esters is 1. The molecular formula is C23H23FN2O5. The van der Waals surface area contributed by atoms with Crippen molar-refractivity contribution in [1.29, 1.82) is 0 Å². The third-order valence-electron chi connectivity index (χ3n) is 4.57. The molecule has 7 nitrogen and oxygen atoms in total. The molecule has 1 atom stereocenters.